The zero-order chi connectivity index (χ0) is 33.4. The van der Waals surface area contributed by atoms with Crippen LogP contribution in [0.5, 0.6) is 0 Å². The molecule has 0 unspecified atom stereocenters. The Labute approximate surface area is 293 Å². The first-order valence-corrected chi connectivity index (χ1v) is 17.7. The van der Waals surface area contributed by atoms with E-state index < -0.39 is 0 Å². The number of benzene rings is 6. The maximum atomic E-state index is 5.26. The lowest BCUT2D eigenvalue weighted by molar-refractivity contribution is 0.660. The summed E-state index contributed by atoms with van der Waals surface area (Å²) in [5, 5.41) is 3.70. The summed E-state index contributed by atoms with van der Waals surface area (Å²) >= 11 is 1.80. The summed E-state index contributed by atoms with van der Waals surface area (Å²) in [6.07, 6.45) is 0. The highest BCUT2D eigenvalue weighted by Crippen LogP contribution is 2.49. The second-order valence-corrected chi connectivity index (χ2v) is 14.5. The SMILES string of the molecule is CC1(C)c2ccccc2-c2ccc(-c3nc(-c4ccccc4)nc(-c4cccc(-c5nc6ccccc6c6c5sc5ccccc56)c4)n3)cc21. The van der Waals surface area contributed by atoms with Gasteiger partial charge in [0.25, 0.3) is 0 Å². The molecule has 4 nitrogen and oxygen atoms in total. The molecule has 6 aromatic carbocycles. The number of pyridine rings is 1. The minimum Gasteiger partial charge on any atom is -0.246 e. The summed E-state index contributed by atoms with van der Waals surface area (Å²) < 4.78 is 2.44. The van der Waals surface area contributed by atoms with Crippen molar-refractivity contribution in [1.82, 2.24) is 19.9 Å². The summed E-state index contributed by atoms with van der Waals surface area (Å²) in [5.74, 6) is 1.94. The third kappa shape index (κ3) is 4.44. The Hall–Kier alpha value is -6.04. The molecule has 1 aliphatic carbocycles. The first-order chi connectivity index (χ1) is 24.5. The lowest BCUT2D eigenvalue weighted by atomic mass is 9.82. The van der Waals surface area contributed by atoms with Crippen LogP contribution < -0.4 is 0 Å². The molecular weight excluding hydrogens is 629 g/mol. The lowest BCUT2D eigenvalue weighted by Gasteiger charge is -2.21. The van der Waals surface area contributed by atoms with Crippen LogP contribution in [-0.2, 0) is 5.41 Å². The Bertz CT molecular complexity index is 2800. The van der Waals surface area contributed by atoms with E-state index in [4.69, 9.17) is 19.9 Å². The highest BCUT2D eigenvalue weighted by Gasteiger charge is 2.35. The minimum absolute atomic E-state index is 0.126. The smallest absolute Gasteiger partial charge is 0.164 e. The summed E-state index contributed by atoms with van der Waals surface area (Å²) in [4.78, 5) is 20.6. The molecule has 50 heavy (non-hydrogen) atoms. The summed E-state index contributed by atoms with van der Waals surface area (Å²) in [6, 6.07) is 51.1. The summed E-state index contributed by atoms with van der Waals surface area (Å²) in [6.45, 7) is 4.60. The van der Waals surface area contributed by atoms with Gasteiger partial charge in [-0.1, -0.05) is 135 Å². The number of aromatic nitrogens is 4. The zero-order valence-corrected chi connectivity index (χ0v) is 28.4. The molecule has 0 saturated heterocycles. The molecule has 0 spiro atoms. The van der Waals surface area contributed by atoms with Gasteiger partial charge in [0.2, 0.25) is 0 Å². The minimum atomic E-state index is -0.126. The van der Waals surface area contributed by atoms with Gasteiger partial charge in [0.15, 0.2) is 17.5 Å². The molecule has 0 fully saturated rings. The molecular formula is C45H30N4S. The Morgan fingerprint density at radius 3 is 1.92 bits per heavy atom. The van der Waals surface area contributed by atoms with Gasteiger partial charge in [-0.25, -0.2) is 19.9 Å². The number of hydrogen-bond acceptors (Lipinski definition) is 5. The third-order valence-electron chi connectivity index (χ3n) is 10.1. The highest BCUT2D eigenvalue weighted by molar-refractivity contribution is 7.26. The van der Waals surface area contributed by atoms with Crippen LogP contribution in [0.25, 0.3) is 87.6 Å². The van der Waals surface area contributed by atoms with Gasteiger partial charge in [-0.05, 0) is 46.5 Å². The molecule has 0 amide bonds. The Morgan fingerprint density at radius 2 is 1.08 bits per heavy atom. The van der Waals surface area contributed by atoms with E-state index in [1.165, 1.54) is 47.8 Å². The number of hydrogen-bond donors (Lipinski definition) is 0. The molecule has 3 aromatic heterocycles. The van der Waals surface area contributed by atoms with Gasteiger partial charge in [0.1, 0.15) is 0 Å². The maximum Gasteiger partial charge on any atom is 0.164 e. The number of thiophene rings is 1. The molecule has 0 radical (unpaired) electrons. The van der Waals surface area contributed by atoms with Gasteiger partial charge < -0.3 is 0 Å². The fourth-order valence-corrected chi connectivity index (χ4v) is 8.86. The van der Waals surface area contributed by atoms with Crippen molar-refractivity contribution in [2.45, 2.75) is 19.3 Å². The average molecular weight is 659 g/mol. The average Bonchev–Trinajstić information content (AvgIpc) is 3.67. The van der Waals surface area contributed by atoms with Gasteiger partial charge in [0.05, 0.1) is 15.9 Å². The van der Waals surface area contributed by atoms with E-state index in [9.17, 15) is 0 Å². The Balaban J connectivity index is 1.16. The molecule has 1 aliphatic rings. The Kier molecular flexibility index (Phi) is 6.36. The number of rotatable bonds is 4. The summed E-state index contributed by atoms with van der Waals surface area (Å²) in [5.41, 5.74) is 10.9. The van der Waals surface area contributed by atoms with Crippen LogP contribution in [0, 0.1) is 0 Å². The van der Waals surface area contributed by atoms with Gasteiger partial charge >= 0.3 is 0 Å². The van der Waals surface area contributed by atoms with Crippen LogP contribution >= 0.6 is 11.3 Å². The molecule has 3 heterocycles. The molecule has 10 rings (SSSR count). The van der Waals surface area contributed by atoms with Crippen molar-refractivity contribution in [3.8, 4) is 56.5 Å². The van der Waals surface area contributed by atoms with Gasteiger partial charge in [0, 0.05) is 48.5 Å². The summed E-state index contributed by atoms with van der Waals surface area (Å²) in [7, 11) is 0. The van der Waals surface area contributed by atoms with E-state index in [2.05, 4.69) is 141 Å². The lowest BCUT2D eigenvalue weighted by Crippen LogP contribution is -2.15. The quantitative estimate of drug-likeness (QED) is 0.189. The molecule has 5 heteroatoms. The molecule has 0 aliphatic heterocycles. The van der Waals surface area contributed by atoms with Crippen molar-refractivity contribution in [2.24, 2.45) is 0 Å². The molecule has 9 aromatic rings. The van der Waals surface area contributed by atoms with Crippen LogP contribution in [0.15, 0.2) is 146 Å². The van der Waals surface area contributed by atoms with Gasteiger partial charge in [-0.15, -0.1) is 11.3 Å². The molecule has 236 valence electrons. The standard InChI is InChI=1S/C45H30N4S/c1-45(2)35-20-9-6-17-31(35)32-24-23-30(26-36(32)45)44-48-42(27-13-4-3-5-14-27)47-43(49-44)29-16-12-15-28(25-29)40-41-39(33-18-7-10-21-37(33)46-40)34-19-8-11-22-38(34)50-41/h3-26H,1-2H3. The van der Waals surface area contributed by atoms with E-state index in [1.807, 2.05) is 18.2 Å². The zero-order valence-electron chi connectivity index (χ0n) is 27.6. The van der Waals surface area contributed by atoms with Crippen molar-refractivity contribution in [1.29, 1.82) is 0 Å². The largest absolute Gasteiger partial charge is 0.246 e. The van der Waals surface area contributed by atoms with Crippen molar-refractivity contribution < 1.29 is 0 Å². The van der Waals surface area contributed by atoms with Crippen molar-refractivity contribution in [3.63, 3.8) is 0 Å². The van der Waals surface area contributed by atoms with E-state index in [-0.39, 0.29) is 5.41 Å². The maximum absolute atomic E-state index is 5.26. The highest BCUT2D eigenvalue weighted by atomic mass is 32.1. The number of para-hydroxylation sites is 1. The second-order valence-electron chi connectivity index (χ2n) is 13.5. The number of nitrogens with zero attached hydrogens (tertiary/aromatic N) is 4. The molecule has 0 atom stereocenters. The van der Waals surface area contributed by atoms with E-state index in [0.717, 1.165) is 33.5 Å². The van der Waals surface area contributed by atoms with E-state index in [1.54, 1.807) is 11.3 Å². The third-order valence-corrected chi connectivity index (χ3v) is 11.3. The van der Waals surface area contributed by atoms with Gasteiger partial charge in [-0.2, -0.15) is 0 Å². The van der Waals surface area contributed by atoms with Gasteiger partial charge in [-0.3, -0.25) is 0 Å². The van der Waals surface area contributed by atoms with Crippen LogP contribution in [-0.4, -0.2) is 19.9 Å². The fourth-order valence-electron chi connectivity index (χ4n) is 7.63. The molecule has 0 bridgehead atoms. The fraction of sp³-hybridized carbons (Fsp3) is 0.0667. The first-order valence-electron chi connectivity index (χ1n) is 16.9. The van der Waals surface area contributed by atoms with E-state index in [0.29, 0.717) is 17.5 Å². The first kappa shape index (κ1) is 28.9. The normalized spacial score (nSPS) is 13.2. The Morgan fingerprint density at radius 1 is 0.460 bits per heavy atom. The predicted molar refractivity (Wildman–Crippen MR) is 207 cm³/mol. The van der Waals surface area contributed by atoms with Crippen LogP contribution in [0.1, 0.15) is 25.0 Å². The number of fused-ring (bicyclic) bond motifs is 8. The second kappa shape index (κ2) is 11.0. The molecule has 0 saturated carbocycles. The van der Waals surface area contributed by atoms with E-state index >= 15 is 0 Å². The molecule has 0 N–H and O–H groups in total. The topological polar surface area (TPSA) is 51.6 Å². The van der Waals surface area contributed by atoms with Crippen LogP contribution in [0.3, 0.4) is 0 Å². The van der Waals surface area contributed by atoms with Crippen LogP contribution in [0.4, 0.5) is 0 Å². The van der Waals surface area contributed by atoms with Crippen LogP contribution in [0.2, 0.25) is 0 Å². The monoisotopic (exact) mass is 658 g/mol. The van der Waals surface area contributed by atoms with Crippen molar-refractivity contribution in [3.05, 3.63) is 157 Å². The van der Waals surface area contributed by atoms with Crippen molar-refractivity contribution in [2.75, 3.05) is 0 Å². The predicted octanol–water partition coefficient (Wildman–Crippen LogP) is 11.8. The van der Waals surface area contributed by atoms with Crippen molar-refractivity contribution >= 4 is 42.4 Å².